The molecule has 6 nitrogen and oxygen atoms in total. The summed E-state index contributed by atoms with van der Waals surface area (Å²) in [4.78, 5) is 11.0. The van der Waals surface area contributed by atoms with Gasteiger partial charge in [-0.1, -0.05) is 13.8 Å². The van der Waals surface area contributed by atoms with Crippen LogP contribution >= 0.6 is 0 Å². The lowest BCUT2D eigenvalue weighted by Crippen LogP contribution is -2.44. The normalized spacial score (nSPS) is 43.4. The third-order valence-electron chi connectivity index (χ3n) is 3.03. The molecule has 2 aliphatic rings. The van der Waals surface area contributed by atoms with Crippen LogP contribution in [0, 0.1) is 5.92 Å². The maximum absolute atomic E-state index is 11.0. The average molecular weight is 248 g/mol. The van der Waals surface area contributed by atoms with Gasteiger partial charge in [0, 0.05) is 5.54 Å². The van der Waals surface area contributed by atoms with E-state index >= 15 is 0 Å². The molecule has 2 aliphatic heterocycles. The Morgan fingerprint density at radius 3 is 2.56 bits per heavy atom. The van der Waals surface area contributed by atoms with Crippen LogP contribution in [0.1, 0.15) is 13.8 Å². The van der Waals surface area contributed by atoms with Gasteiger partial charge in [0.15, 0.2) is 0 Å². The number of carboxylic acids is 1. The van der Waals surface area contributed by atoms with Crippen molar-refractivity contribution in [2.45, 2.75) is 31.6 Å². The van der Waals surface area contributed by atoms with Crippen molar-refractivity contribution in [1.29, 1.82) is 0 Å². The van der Waals surface area contributed by atoms with Crippen LogP contribution in [0.4, 0.5) is 0 Å². The Labute approximate surface area is 94.5 Å². The molecule has 4 atom stereocenters. The van der Waals surface area contributed by atoms with Crippen LogP contribution < -0.4 is 0 Å². The lowest BCUT2D eigenvalue weighted by molar-refractivity contribution is -0.150. The largest absolute Gasteiger partial charge is 0.504 e. The van der Waals surface area contributed by atoms with Gasteiger partial charge < -0.3 is 23.5 Å². The van der Waals surface area contributed by atoms with Gasteiger partial charge in [-0.15, -0.1) is 0 Å². The fraction of sp³-hybridized carbons (Fsp3) is 0.889. The van der Waals surface area contributed by atoms with E-state index in [1.807, 2.05) is 13.8 Å². The first-order valence-electron chi connectivity index (χ1n) is 5.33. The number of hydrogen-bond donors (Lipinski definition) is 2. The fourth-order valence-corrected chi connectivity index (χ4v) is 4.67. The molecule has 0 aromatic heterocycles. The number of rotatable bonds is 2. The molecular formula is C9H16O6Si. The van der Waals surface area contributed by atoms with Crippen molar-refractivity contribution in [3.05, 3.63) is 0 Å². The molecule has 2 saturated heterocycles. The van der Waals surface area contributed by atoms with Gasteiger partial charge in [0.25, 0.3) is 0 Å². The van der Waals surface area contributed by atoms with Crippen molar-refractivity contribution in [2.75, 3.05) is 13.2 Å². The minimum absolute atomic E-state index is 0.0299. The van der Waals surface area contributed by atoms with Gasteiger partial charge in [-0.05, 0) is 0 Å². The molecule has 16 heavy (non-hydrogen) atoms. The molecule has 0 amide bonds. The predicted octanol–water partition coefficient (Wildman–Crippen LogP) is -0.157. The summed E-state index contributed by atoms with van der Waals surface area (Å²) in [6, 6.07) is 0. The lowest BCUT2D eigenvalue weighted by Gasteiger charge is -2.25. The number of aliphatic hydroxyl groups is 1. The van der Waals surface area contributed by atoms with E-state index in [9.17, 15) is 9.90 Å². The van der Waals surface area contributed by atoms with Crippen LogP contribution in [-0.4, -0.2) is 50.4 Å². The molecule has 0 aliphatic carbocycles. The van der Waals surface area contributed by atoms with Crippen LogP contribution in [-0.2, 0) is 18.1 Å². The first-order chi connectivity index (χ1) is 7.46. The van der Waals surface area contributed by atoms with Gasteiger partial charge in [-0.3, -0.25) is 4.79 Å². The summed E-state index contributed by atoms with van der Waals surface area (Å²) < 4.78 is 16.7. The van der Waals surface area contributed by atoms with Gasteiger partial charge in [-0.2, -0.15) is 0 Å². The van der Waals surface area contributed by atoms with E-state index in [1.165, 1.54) is 0 Å². The van der Waals surface area contributed by atoms with E-state index in [-0.39, 0.29) is 18.8 Å². The third-order valence-corrected chi connectivity index (χ3v) is 6.21. The zero-order chi connectivity index (χ0) is 11.9. The molecular weight excluding hydrogens is 232 g/mol. The van der Waals surface area contributed by atoms with Crippen LogP contribution in [0.5, 0.6) is 0 Å². The van der Waals surface area contributed by atoms with Crippen molar-refractivity contribution in [1.82, 2.24) is 0 Å². The Morgan fingerprint density at radius 1 is 1.38 bits per heavy atom. The third kappa shape index (κ3) is 1.78. The summed E-state index contributed by atoms with van der Waals surface area (Å²) in [5.74, 6) is -2.03. The quantitative estimate of drug-likeness (QED) is 0.661. The number of carboxylic acid groups (broad SMARTS) is 1. The molecule has 2 heterocycles. The zero-order valence-electron chi connectivity index (χ0n) is 9.25. The van der Waals surface area contributed by atoms with E-state index in [4.69, 9.17) is 18.4 Å². The van der Waals surface area contributed by atoms with Crippen LogP contribution in [0.2, 0.25) is 5.54 Å². The molecule has 7 heteroatoms. The first kappa shape index (κ1) is 12.0. The predicted molar refractivity (Wildman–Crippen MR) is 54.8 cm³/mol. The Bertz CT molecular complexity index is 296. The molecule has 2 fully saturated rings. The van der Waals surface area contributed by atoms with Crippen molar-refractivity contribution in [3.63, 3.8) is 0 Å². The van der Waals surface area contributed by atoms with Gasteiger partial charge in [0.2, 0.25) is 0 Å². The Morgan fingerprint density at radius 2 is 2.00 bits per heavy atom. The second-order valence-electron chi connectivity index (χ2n) is 4.47. The van der Waals surface area contributed by atoms with Crippen molar-refractivity contribution < 1.29 is 28.3 Å². The lowest BCUT2D eigenvalue weighted by atomic mass is 9.97. The van der Waals surface area contributed by atoms with Gasteiger partial charge >= 0.3 is 14.8 Å². The summed E-state index contributed by atoms with van der Waals surface area (Å²) in [5.41, 5.74) is 0.0669. The number of carbonyl (C=O) groups is 1. The summed E-state index contributed by atoms with van der Waals surface area (Å²) in [7, 11) is -2.76. The molecule has 0 radical (unpaired) electrons. The molecule has 2 N–H and O–H groups in total. The van der Waals surface area contributed by atoms with Gasteiger partial charge in [0.05, 0.1) is 25.4 Å². The minimum Gasteiger partial charge on any atom is -0.481 e. The van der Waals surface area contributed by atoms with Crippen molar-refractivity contribution >= 4 is 14.8 Å². The Balaban J connectivity index is 2.23. The molecule has 2 bridgehead atoms. The smallest absolute Gasteiger partial charge is 0.481 e. The second kappa shape index (κ2) is 4.08. The number of aliphatic hydroxyl groups excluding tert-OH is 1. The summed E-state index contributed by atoms with van der Waals surface area (Å²) >= 11 is 0. The Hall–Kier alpha value is -0.473. The molecule has 92 valence electrons. The molecule has 2 rings (SSSR count). The van der Waals surface area contributed by atoms with E-state index in [0.717, 1.165) is 0 Å². The molecule has 0 saturated carbocycles. The monoisotopic (exact) mass is 248 g/mol. The Kier molecular flexibility index (Phi) is 3.06. The van der Waals surface area contributed by atoms with Crippen molar-refractivity contribution in [3.8, 4) is 0 Å². The molecule has 0 aromatic rings. The zero-order valence-corrected chi connectivity index (χ0v) is 10.3. The molecule has 0 spiro atoms. The standard InChI is InChI=1S/C9H16O6Si/c1-5(2)16-13-3-6(10)8(9(11)12)7(15-16)4-14-16/h5-8,10H,3-4H2,1-2H3,(H,11,12). The molecule has 0 aromatic carbocycles. The van der Waals surface area contributed by atoms with E-state index in [1.54, 1.807) is 0 Å². The average Bonchev–Trinajstić information content (AvgIpc) is 2.52. The minimum atomic E-state index is -2.76. The molecule has 4 unspecified atom stereocenters. The van der Waals surface area contributed by atoms with Gasteiger partial charge in [0.1, 0.15) is 5.92 Å². The van der Waals surface area contributed by atoms with Crippen molar-refractivity contribution in [2.24, 2.45) is 5.92 Å². The summed E-state index contributed by atoms with van der Waals surface area (Å²) in [6.07, 6.45) is -1.62. The van der Waals surface area contributed by atoms with Crippen LogP contribution in [0.15, 0.2) is 0 Å². The highest BCUT2D eigenvalue weighted by Crippen LogP contribution is 2.37. The highest BCUT2D eigenvalue weighted by atomic mass is 28.4. The maximum Gasteiger partial charge on any atom is 0.504 e. The highest BCUT2D eigenvalue weighted by Gasteiger charge is 2.58. The second-order valence-corrected chi connectivity index (χ2v) is 7.64. The summed E-state index contributed by atoms with van der Waals surface area (Å²) in [5, 5.41) is 18.8. The van der Waals surface area contributed by atoms with Crippen LogP contribution in [0.3, 0.4) is 0 Å². The van der Waals surface area contributed by atoms with E-state index < -0.39 is 32.9 Å². The topological polar surface area (TPSA) is 85.2 Å². The van der Waals surface area contributed by atoms with Crippen LogP contribution in [0.25, 0.3) is 0 Å². The first-order valence-corrected chi connectivity index (χ1v) is 7.13. The maximum atomic E-state index is 11.0. The highest BCUT2D eigenvalue weighted by molar-refractivity contribution is 6.62. The number of hydrogen-bond acceptors (Lipinski definition) is 5. The SMILES string of the molecule is CC(C)[Si]12OCC(O)C(C(=O)O)C(CO1)O2. The van der Waals surface area contributed by atoms with E-state index in [0.29, 0.717) is 0 Å². The number of aliphatic carboxylic acids is 1. The number of fused-ring (bicyclic) bond motifs is 2. The summed E-state index contributed by atoms with van der Waals surface area (Å²) in [6.45, 7) is 4.00. The van der Waals surface area contributed by atoms with E-state index in [2.05, 4.69) is 0 Å². The van der Waals surface area contributed by atoms with Gasteiger partial charge in [-0.25, -0.2) is 0 Å². The fourth-order valence-electron chi connectivity index (χ4n) is 2.08.